The third-order valence-electron chi connectivity index (χ3n) is 7.20. The molecule has 1 saturated heterocycles. The van der Waals surface area contributed by atoms with Gasteiger partial charge in [-0.3, -0.25) is 13.8 Å². The van der Waals surface area contributed by atoms with Crippen molar-refractivity contribution in [3.63, 3.8) is 0 Å². The minimum Gasteiger partial charge on any atom is -0.374 e. The van der Waals surface area contributed by atoms with Crippen LogP contribution in [0.4, 0.5) is 0 Å². The van der Waals surface area contributed by atoms with E-state index in [0.717, 1.165) is 18.0 Å². The summed E-state index contributed by atoms with van der Waals surface area (Å²) in [5, 5.41) is 5.52. The smallest absolute Gasteiger partial charge is 0.0818 e. The Morgan fingerprint density at radius 2 is 1.91 bits per heavy atom. The highest BCUT2D eigenvalue weighted by molar-refractivity contribution is 7.84. The van der Waals surface area contributed by atoms with E-state index in [4.69, 9.17) is 21.4 Å². The first-order valence-electron chi connectivity index (χ1n) is 11.9. The van der Waals surface area contributed by atoms with Crippen molar-refractivity contribution >= 4 is 22.4 Å². The Hall–Kier alpha value is -1.21. The molecule has 0 radical (unpaired) electrons. The first-order valence-corrected chi connectivity index (χ1v) is 13.8. The van der Waals surface area contributed by atoms with E-state index in [-0.39, 0.29) is 6.10 Å². The first kappa shape index (κ1) is 23.9. The number of hydrogen-bond donors (Lipinski definition) is 0. The van der Waals surface area contributed by atoms with Gasteiger partial charge in [0.1, 0.15) is 0 Å². The molecular weight excluding hydrogens is 442 g/mol. The lowest BCUT2D eigenvalue weighted by Crippen LogP contribution is -2.56. The molecule has 1 aliphatic carbocycles. The van der Waals surface area contributed by atoms with Crippen LogP contribution in [-0.2, 0) is 29.0 Å². The highest BCUT2D eigenvalue weighted by Gasteiger charge is 2.36. The molecule has 3 atom stereocenters. The number of benzene rings is 1. The summed E-state index contributed by atoms with van der Waals surface area (Å²) in [6, 6.07) is 11.3. The van der Waals surface area contributed by atoms with Gasteiger partial charge in [0, 0.05) is 58.9 Å². The van der Waals surface area contributed by atoms with Crippen molar-refractivity contribution in [1.29, 1.82) is 0 Å². The number of rotatable bonds is 7. The highest BCUT2D eigenvalue weighted by atomic mass is 35.5. The third kappa shape index (κ3) is 5.82. The van der Waals surface area contributed by atoms with E-state index < -0.39 is 10.8 Å². The summed E-state index contributed by atoms with van der Waals surface area (Å²) in [6.07, 6.45) is 5.74. The van der Waals surface area contributed by atoms with Gasteiger partial charge in [-0.15, -0.1) is 0 Å². The van der Waals surface area contributed by atoms with Gasteiger partial charge in [0.05, 0.1) is 24.2 Å². The molecule has 3 unspecified atom stereocenters. The summed E-state index contributed by atoms with van der Waals surface area (Å²) in [7, 11) is 1.22. The van der Waals surface area contributed by atoms with Crippen LogP contribution < -0.4 is 0 Å². The quantitative estimate of drug-likeness (QED) is 0.589. The van der Waals surface area contributed by atoms with E-state index in [9.17, 15) is 4.21 Å². The molecule has 0 N–H and O–H groups in total. The molecule has 0 bridgehead atoms. The van der Waals surface area contributed by atoms with Gasteiger partial charge in [0.2, 0.25) is 0 Å². The van der Waals surface area contributed by atoms with Gasteiger partial charge in [-0.25, -0.2) is 0 Å². The van der Waals surface area contributed by atoms with Crippen molar-refractivity contribution in [3.05, 3.63) is 52.3 Å². The Bertz CT molecular complexity index is 889. The summed E-state index contributed by atoms with van der Waals surface area (Å²) in [5.74, 6) is 1.90. The highest BCUT2D eigenvalue weighted by Crippen LogP contribution is 2.36. The van der Waals surface area contributed by atoms with Crippen molar-refractivity contribution in [3.8, 4) is 0 Å². The van der Waals surface area contributed by atoms with Crippen LogP contribution >= 0.6 is 11.6 Å². The van der Waals surface area contributed by atoms with Crippen molar-refractivity contribution in [2.24, 2.45) is 7.05 Å². The van der Waals surface area contributed by atoms with E-state index >= 15 is 0 Å². The minimum atomic E-state index is -0.804. The molecule has 1 saturated carbocycles. The fraction of sp³-hybridized carbons (Fsp3) is 0.640. The molecule has 1 aromatic carbocycles. The molecular formula is C25H36ClN3O2S. The molecule has 0 spiro atoms. The number of ether oxygens (including phenoxy) is 1. The second kappa shape index (κ2) is 10.8. The van der Waals surface area contributed by atoms with Gasteiger partial charge in [-0.1, -0.05) is 30.7 Å². The predicted molar refractivity (Wildman–Crippen MR) is 132 cm³/mol. The molecule has 2 fully saturated rings. The van der Waals surface area contributed by atoms with Gasteiger partial charge in [-0.05, 0) is 62.8 Å². The normalized spacial score (nSPS) is 28.0. The number of aryl methyl sites for hydroxylation is 2. The van der Waals surface area contributed by atoms with Gasteiger partial charge in [-0.2, -0.15) is 5.10 Å². The van der Waals surface area contributed by atoms with Crippen LogP contribution in [0.5, 0.6) is 0 Å². The van der Waals surface area contributed by atoms with Gasteiger partial charge in [0.15, 0.2) is 0 Å². The van der Waals surface area contributed by atoms with Crippen molar-refractivity contribution in [2.75, 3.05) is 24.7 Å². The zero-order chi connectivity index (χ0) is 22.7. The Balaban J connectivity index is 1.44. The molecule has 2 aromatic rings. The zero-order valence-corrected chi connectivity index (χ0v) is 21.1. The summed E-state index contributed by atoms with van der Waals surface area (Å²) in [4.78, 5) is 2.68. The monoisotopic (exact) mass is 477 g/mol. The van der Waals surface area contributed by atoms with E-state index in [2.05, 4.69) is 30.0 Å². The molecule has 2 aliphatic rings. The average molecular weight is 478 g/mol. The summed E-state index contributed by atoms with van der Waals surface area (Å²) < 4.78 is 20.4. The van der Waals surface area contributed by atoms with E-state index in [1.54, 1.807) is 0 Å². The average Bonchev–Trinajstić information content (AvgIpc) is 3.14. The second-order valence-corrected chi connectivity index (χ2v) is 11.6. The Morgan fingerprint density at radius 3 is 2.53 bits per heavy atom. The molecule has 176 valence electrons. The predicted octanol–water partition coefficient (Wildman–Crippen LogP) is 4.49. The lowest BCUT2D eigenvalue weighted by atomic mass is 9.82. The molecule has 7 heteroatoms. The van der Waals surface area contributed by atoms with Crippen molar-refractivity contribution in [2.45, 2.75) is 70.1 Å². The number of hydrogen-bond acceptors (Lipinski definition) is 4. The van der Waals surface area contributed by atoms with Crippen LogP contribution in [-0.4, -0.2) is 61.7 Å². The van der Waals surface area contributed by atoms with Gasteiger partial charge in [0.25, 0.3) is 0 Å². The lowest BCUT2D eigenvalue weighted by Gasteiger charge is -2.46. The number of nitrogens with zero attached hydrogens (tertiary/aromatic N) is 3. The molecule has 5 nitrogen and oxygen atoms in total. The molecule has 2 heterocycles. The Kier molecular flexibility index (Phi) is 8.09. The largest absolute Gasteiger partial charge is 0.374 e. The lowest BCUT2D eigenvalue weighted by molar-refractivity contribution is -0.0753. The summed E-state index contributed by atoms with van der Waals surface area (Å²) >= 11 is 6.09. The van der Waals surface area contributed by atoms with Crippen LogP contribution in [0, 0.1) is 6.92 Å². The maximum atomic E-state index is 12.2. The molecule has 1 aromatic heterocycles. The Morgan fingerprint density at radius 1 is 1.19 bits per heavy atom. The van der Waals surface area contributed by atoms with Gasteiger partial charge >= 0.3 is 0 Å². The number of aromatic nitrogens is 2. The zero-order valence-electron chi connectivity index (χ0n) is 19.5. The fourth-order valence-electron chi connectivity index (χ4n) is 5.21. The van der Waals surface area contributed by atoms with E-state index in [1.165, 1.54) is 42.6 Å². The topological polar surface area (TPSA) is 47.4 Å². The molecule has 0 amide bonds. The van der Waals surface area contributed by atoms with Crippen LogP contribution in [0.15, 0.2) is 30.3 Å². The SMILES string of the molecule is CCS(=O)CC1CN(C2CCC(c3cc(C)n(C)n3)CC2)C(Cc2ccc(Cl)cc2)CO1. The third-order valence-corrected chi connectivity index (χ3v) is 8.84. The van der Waals surface area contributed by atoms with Crippen molar-refractivity contribution < 1.29 is 8.95 Å². The van der Waals surface area contributed by atoms with E-state index in [0.29, 0.717) is 36.1 Å². The molecule has 4 rings (SSSR count). The number of morpholine rings is 1. The minimum absolute atomic E-state index is 0.0633. The fourth-order valence-corrected chi connectivity index (χ4v) is 6.19. The van der Waals surface area contributed by atoms with Crippen LogP contribution in [0.2, 0.25) is 5.02 Å². The second-order valence-electron chi connectivity index (χ2n) is 9.37. The van der Waals surface area contributed by atoms with Crippen LogP contribution in [0.1, 0.15) is 55.5 Å². The van der Waals surface area contributed by atoms with Crippen LogP contribution in [0.3, 0.4) is 0 Å². The maximum Gasteiger partial charge on any atom is 0.0818 e. The van der Waals surface area contributed by atoms with E-state index in [1.807, 2.05) is 30.8 Å². The van der Waals surface area contributed by atoms with Gasteiger partial charge < -0.3 is 4.74 Å². The summed E-state index contributed by atoms with van der Waals surface area (Å²) in [5.41, 5.74) is 3.77. The molecule has 1 aliphatic heterocycles. The standard InChI is InChI=1S/C25H36ClN3O2S/c1-4-32(30)17-24-15-29(23(16-31-24)14-19-5-9-21(26)10-6-19)22-11-7-20(8-12-22)25-13-18(2)28(3)27-25/h5-6,9-10,13,20,22-24H,4,7-8,11-12,14-17H2,1-3H3. The Labute approximate surface area is 199 Å². The molecule has 32 heavy (non-hydrogen) atoms. The van der Waals surface area contributed by atoms with Crippen molar-refractivity contribution in [1.82, 2.24) is 14.7 Å². The number of halogens is 1. The first-order chi connectivity index (χ1) is 15.4. The van der Waals surface area contributed by atoms with Crippen LogP contribution in [0.25, 0.3) is 0 Å². The summed E-state index contributed by atoms with van der Waals surface area (Å²) in [6.45, 7) is 5.69. The maximum absolute atomic E-state index is 12.2.